The number of hydrogen-bond donors (Lipinski definition) is 3. The van der Waals surface area contributed by atoms with Crippen molar-refractivity contribution in [3.63, 3.8) is 0 Å². The van der Waals surface area contributed by atoms with Crippen LogP contribution in [0.1, 0.15) is 67.4 Å². The number of aryl methyl sites for hydroxylation is 2. The maximum atomic E-state index is 12.8. The van der Waals surface area contributed by atoms with Crippen LogP contribution in [0.3, 0.4) is 0 Å². The molecule has 7 heteroatoms. The standard InChI is InChI=1S/C28H39N3O3S/c1-17-16-30-27(35-17)31-25(33)9-5-19-15-24(29-12-13-34-3)28(2)11-10-22-21-8-6-20(32)14-18(21)4-7-23(22)26(19)28/h6,8,14,16,19,22-24,26,29,32H,4-5,7,9-13,15H2,1-3H3,(H,30,31,33)/t19-,22?,23?,24?,26?,28-/m1/s1. The highest BCUT2D eigenvalue weighted by atomic mass is 32.1. The number of nitrogens with one attached hydrogen (secondary N) is 2. The molecule has 3 N–H and O–H groups in total. The van der Waals surface area contributed by atoms with E-state index in [9.17, 15) is 9.90 Å². The maximum absolute atomic E-state index is 12.8. The maximum Gasteiger partial charge on any atom is 0.226 e. The number of rotatable bonds is 8. The number of aromatic hydroxyl groups is 1. The summed E-state index contributed by atoms with van der Waals surface area (Å²) >= 11 is 1.53. The van der Waals surface area contributed by atoms with Crippen molar-refractivity contribution in [3.8, 4) is 5.75 Å². The molecule has 0 spiro atoms. The molecule has 0 aliphatic heterocycles. The molecule has 190 valence electrons. The minimum atomic E-state index is 0.0775. The van der Waals surface area contributed by atoms with Gasteiger partial charge in [0.2, 0.25) is 5.91 Å². The van der Waals surface area contributed by atoms with E-state index < -0.39 is 0 Å². The fourth-order valence-electron chi connectivity index (χ4n) is 7.72. The number of ether oxygens (including phenoxy) is 1. The van der Waals surface area contributed by atoms with Crippen molar-refractivity contribution < 1.29 is 14.6 Å². The van der Waals surface area contributed by atoms with E-state index in [1.54, 1.807) is 7.11 Å². The summed E-state index contributed by atoms with van der Waals surface area (Å²) in [5.74, 6) is 2.77. The summed E-state index contributed by atoms with van der Waals surface area (Å²) in [5, 5.41) is 17.6. The molecule has 35 heavy (non-hydrogen) atoms. The first-order valence-electron chi connectivity index (χ1n) is 13.2. The summed E-state index contributed by atoms with van der Waals surface area (Å²) in [5.41, 5.74) is 3.02. The Morgan fingerprint density at radius 2 is 2.20 bits per heavy atom. The normalized spacial score (nSPS) is 31.5. The van der Waals surface area contributed by atoms with Crippen LogP contribution in [0.15, 0.2) is 24.4 Å². The van der Waals surface area contributed by atoms with Crippen molar-refractivity contribution in [2.45, 2.75) is 70.8 Å². The minimum absolute atomic E-state index is 0.0775. The SMILES string of the molecule is COCCNC1C[C@@H](CCC(=O)Nc2ncc(C)s2)C2C3CCc4cc(O)ccc4C3CC[C@]12C. The number of benzene rings is 1. The number of phenolic OH excluding ortho intramolecular Hbond substituents is 1. The predicted molar refractivity (Wildman–Crippen MR) is 140 cm³/mol. The fraction of sp³-hybridized carbons (Fsp3) is 0.643. The average Bonchev–Trinajstić information content (AvgIpc) is 3.37. The number of phenols is 1. The zero-order chi connectivity index (χ0) is 24.6. The molecule has 3 aliphatic rings. The topological polar surface area (TPSA) is 83.5 Å². The first-order chi connectivity index (χ1) is 16.9. The molecule has 3 aliphatic carbocycles. The zero-order valence-corrected chi connectivity index (χ0v) is 22.0. The third-order valence-corrected chi connectivity index (χ3v) is 9.98. The van der Waals surface area contributed by atoms with E-state index in [1.807, 2.05) is 25.3 Å². The van der Waals surface area contributed by atoms with Gasteiger partial charge in [-0.1, -0.05) is 13.0 Å². The molecule has 4 unspecified atom stereocenters. The van der Waals surface area contributed by atoms with Crippen molar-refractivity contribution in [2.24, 2.45) is 23.2 Å². The van der Waals surface area contributed by atoms with Crippen LogP contribution in [0, 0.1) is 30.1 Å². The van der Waals surface area contributed by atoms with Gasteiger partial charge in [0.25, 0.3) is 0 Å². The van der Waals surface area contributed by atoms with E-state index in [4.69, 9.17) is 4.74 Å². The van der Waals surface area contributed by atoms with Crippen LogP contribution < -0.4 is 10.6 Å². The Morgan fingerprint density at radius 3 is 2.97 bits per heavy atom. The predicted octanol–water partition coefficient (Wildman–Crippen LogP) is 5.26. The quantitative estimate of drug-likeness (QED) is 0.433. The lowest BCUT2D eigenvalue weighted by Crippen LogP contribution is -2.49. The summed E-state index contributed by atoms with van der Waals surface area (Å²) in [6, 6.07) is 6.47. The summed E-state index contributed by atoms with van der Waals surface area (Å²) in [6.07, 6.45) is 9.01. The van der Waals surface area contributed by atoms with Gasteiger partial charge in [0.1, 0.15) is 5.75 Å². The highest BCUT2D eigenvalue weighted by Gasteiger charge is 2.58. The van der Waals surface area contributed by atoms with Crippen LogP contribution >= 0.6 is 11.3 Å². The van der Waals surface area contributed by atoms with Crippen LogP contribution in [0.5, 0.6) is 5.75 Å². The number of thiazole rings is 1. The molecule has 1 aromatic carbocycles. The van der Waals surface area contributed by atoms with Gasteiger partial charge < -0.3 is 20.5 Å². The van der Waals surface area contributed by atoms with E-state index >= 15 is 0 Å². The van der Waals surface area contributed by atoms with Gasteiger partial charge in [0.15, 0.2) is 5.13 Å². The average molecular weight is 498 g/mol. The lowest BCUT2D eigenvalue weighted by Gasteiger charge is -2.52. The number of methoxy groups -OCH3 is 1. The number of fused-ring (bicyclic) bond motifs is 5. The molecular weight excluding hydrogens is 458 g/mol. The van der Waals surface area contributed by atoms with Crippen LogP contribution in [-0.2, 0) is 16.0 Å². The number of nitrogens with zero attached hydrogens (tertiary/aromatic N) is 1. The molecule has 1 aromatic heterocycles. The monoisotopic (exact) mass is 497 g/mol. The van der Waals surface area contributed by atoms with E-state index in [2.05, 4.69) is 28.6 Å². The highest BCUT2D eigenvalue weighted by molar-refractivity contribution is 7.15. The van der Waals surface area contributed by atoms with Crippen LogP contribution in [0.4, 0.5) is 5.13 Å². The molecule has 5 rings (SSSR count). The molecule has 1 heterocycles. The Labute approximate surface area is 212 Å². The Morgan fingerprint density at radius 1 is 1.34 bits per heavy atom. The summed E-state index contributed by atoms with van der Waals surface area (Å²) in [6.45, 7) is 6.10. The van der Waals surface area contributed by atoms with Crippen LogP contribution in [0.2, 0.25) is 0 Å². The van der Waals surface area contributed by atoms with Gasteiger partial charge in [-0.15, -0.1) is 11.3 Å². The summed E-state index contributed by atoms with van der Waals surface area (Å²) in [4.78, 5) is 18.2. The second kappa shape index (κ2) is 10.2. The number of anilines is 1. The number of aromatic nitrogens is 1. The summed E-state index contributed by atoms with van der Waals surface area (Å²) in [7, 11) is 1.76. The van der Waals surface area contributed by atoms with Crippen LogP contribution in [-0.4, -0.2) is 42.3 Å². The molecule has 2 saturated carbocycles. The van der Waals surface area contributed by atoms with Gasteiger partial charge >= 0.3 is 0 Å². The molecule has 1 amide bonds. The van der Waals surface area contributed by atoms with Gasteiger partial charge in [0, 0.05) is 37.2 Å². The second-order valence-electron chi connectivity index (χ2n) is 11.1. The summed E-state index contributed by atoms with van der Waals surface area (Å²) < 4.78 is 5.33. The van der Waals surface area contributed by atoms with Crippen molar-refractivity contribution in [2.75, 3.05) is 25.6 Å². The van der Waals surface area contributed by atoms with Gasteiger partial charge in [0.05, 0.1) is 6.61 Å². The zero-order valence-electron chi connectivity index (χ0n) is 21.2. The first-order valence-corrected chi connectivity index (χ1v) is 14.0. The Balaban J connectivity index is 1.35. The second-order valence-corrected chi connectivity index (χ2v) is 12.4. The van der Waals surface area contributed by atoms with Gasteiger partial charge in [-0.3, -0.25) is 4.79 Å². The van der Waals surface area contributed by atoms with E-state index in [-0.39, 0.29) is 11.3 Å². The minimum Gasteiger partial charge on any atom is -0.508 e. The van der Waals surface area contributed by atoms with Crippen molar-refractivity contribution in [1.82, 2.24) is 10.3 Å². The van der Waals surface area contributed by atoms with E-state index in [0.717, 1.165) is 37.3 Å². The lowest BCUT2D eigenvalue weighted by atomic mass is 9.53. The van der Waals surface area contributed by atoms with E-state index in [0.29, 0.717) is 47.0 Å². The third kappa shape index (κ3) is 4.87. The molecule has 6 nitrogen and oxygen atoms in total. The van der Waals surface area contributed by atoms with Gasteiger partial charge in [-0.25, -0.2) is 4.98 Å². The van der Waals surface area contributed by atoms with Crippen molar-refractivity contribution in [3.05, 3.63) is 40.4 Å². The van der Waals surface area contributed by atoms with Gasteiger partial charge in [-0.2, -0.15) is 0 Å². The number of carbonyl (C=O) groups is 1. The molecule has 2 aromatic rings. The number of carbonyl (C=O) groups excluding carboxylic acids is 1. The number of hydrogen-bond acceptors (Lipinski definition) is 6. The van der Waals surface area contributed by atoms with Gasteiger partial charge in [-0.05, 0) is 97.8 Å². The Bertz CT molecular complexity index is 1060. The van der Waals surface area contributed by atoms with E-state index in [1.165, 1.54) is 41.7 Å². The third-order valence-electron chi connectivity index (χ3n) is 9.16. The van der Waals surface area contributed by atoms with Crippen LogP contribution in [0.25, 0.3) is 0 Å². The lowest BCUT2D eigenvalue weighted by molar-refractivity contribution is -0.116. The molecule has 6 atom stereocenters. The fourth-order valence-corrected chi connectivity index (χ4v) is 8.40. The molecule has 2 fully saturated rings. The van der Waals surface area contributed by atoms with Crippen molar-refractivity contribution >= 4 is 22.4 Å². The Hall–Kier alpha value is -1.96. The Kier molecular flexibility index (Phi) is 7.20. The number of amides is 1. The molecule has 0 bridgehead atoms. The highest BCUT2D eigenvalue weighted by Crippen LogP contribution is 2.63. The molecule has 0 saturated heterocycles. The van der Waals surface area contributed by atoms with Crippen molar-refractivity contribution in [1.29, 1.82) is 0 Å². The molecule has 0 radical (unpaired) electrons. The molecular formula is C28H39N3O3S. The smallest absolute Gasteiger partial charge is 0.226 e. The largest absolute Gasteiger partial charge is 0.508 e. The first kappa shape index (κ1) is 24.7.